The molecule has 1 fully saturated rings. The summed E-state index contributed by atoms with van der Waals surface area (Å²) >= 11 is 1.62. The number of amides is 1. The Morgan fingerprint density at radius 1 is 1.13 bits per heavy atom. The van der Waals surface area contributed by atoms with Crippen molar-refractivity contribution < 1.29 is 4.79 Å². The van der Waals surface area contributed by atoms with E-state index < -0.39 is 0 Å². The molecule has 0 N–H and O–H groups in total. The Balaban J connectivity index is 1.57. The Kier molecular flexibility index (Phi) is 5.81. The van der Waals surface area contributed by atoms with Gasteiger partial charge < -0.3 is 0 Å². The summed E-state index contributed by atoms with van der Waals surface area (Å²) in [6.45, 7) is 4.49. The van der Waals surface area contributed by atoms with E-state index in [-0.39, 0.29) is 24.1 Å². The number of carbonyl (C=O) groups excluding carboxylic acids is 1. The van der Waals surface area contributed by atoms with E-state index in [4.69, 9.17) is 4.99 Å². The number of carbonyl (C=O) groups is 1. The lowest BCUT2D eigenvalue weighted by atomic mass is 10.2. The van der Waals surface area contributed by atoms with E-state index in [1.54, 1.807) is 27.9 Å². The second-order valence-corrected chi connectivity index (χ2v) is 8.59. The Labute approximate surface area is 180 Å². The maximum absolute atomic E-state index is 13.2. The first kappa shape index (κ1) is 20.5. The molecule has 6 nitrogen and oxygen atoms in total. The van der Waals surface area contributed by atoms with Gasteiger partial charge in [0.2, 0.25) is 5.91 Å². The van der Waals surface area contributed by atoms with E-state index in [1.165, 1.54) is 5.56 Å². The van der Waals surface area contributed by atoms with Crippen LogP contribution in [-0.2, 0) is 18.4 Å². The van der Waals surface area contributed by atoms with Crippen molar-refractivity contribution >= 4 is 39.6 Å². The van der Waals surface area contributed by atoms with Gasteiger partial charge in [0.15, 0.2) is 5.17 Å². The molecule has 1 aromatic heterocycles. The summed E-state index contributed by atoms with van der Waals surface area (Å²) < 4.78 is 3.32. The normalized spacial score (nSPS) is 17.9. The van der Waals surface area contributed by atoms with E-state index in [0.717, 1.165) is 34.1 Å². The van der Waals surface area contributed by atoms with Crippen LogP contribution in [-0.4, -0.2) is 36.9 Å². The maximum atomic E-state index is 13.2. The van der Waals surface area contributed by atoms with E-state index in [9.17, 15) is 9.59 Å². The summed E-state index contributed by atoms with van der Waals surface area (Å²) in [5.41, 5.74) is 3.66. The van der Waals surface area contributed by atoms with Crippen LogP contribution in [0.4, 0.5) is 5.69 Å². The number of hydrogen-bond donors (Lipinski definition) is 0. The SMILES string of the molecule is CCC1CSC(=Nc2ccc(C)cc2)N1C(=O)CCn1c(=O)n(C)c2ccccc21. The van der Waals surface area contributed by atoms with Crippen LogP contribution >= 0.6 is 11.8 Å². The smallest absolute Gasteiger partial charge is 0.295 e. The molecule has 1 amide bonds. The number of aryl methyl sites for hydroxylation is 3. The Bertz CT molecular complexity index is 1160. The second kappa shape index (κ2) is 8.52. The minimum Gasteiger partial charge on any atom is -0.295 e. The fourth-order valence-corrected chi connectivity index (χ4v) is 5.09. The van der Waals surface area contributed by atoms with Gasteiger partial charge in [0.25, 0.3) is 0 Å². The zero-order valence-corrected chi connectivity index (χ0v) is 18.4. The number of nitrogens with zero attached hydrogens (tertiary/aromatic N) is 4. The lowest BCUT2D eigenvalue weighted by Crippen LogP contribution is -2.39. The van der Waals surface area contributed by atoms with Crippen LogP contribution in [0.15, 0.2) is 58.3 Å². The molecule has 1 unspecified atom stereocenters. The fourth-order valence-electron chi connectivity index (χ4n) is 3.80. The number of amidine groups is 1. The van der Waals surface area contributed by atoms with Gasteiger partial charge in [-0.2, -0.15) is 0 Å². The average Bonchev–Trinajstić information content (AvgIpc) is 3.27. The Hall–Kier alpha value is -2.80. The minimum atomic E-state index is -0.0969. The van der Waals surface area contributed by atoms with Crippen molar-refractivity contribution in [2.24, 2.45) is 12.0 Å². The van der Waals surface area contributed by atoms with Gasteiger partial charge in [-0.05, 0) is 37.6 Å². The number of fused-ring (bicyclic) bond motifs is 1. The third kappa shape index (κ3) is 3.81. The third-order valence-electron chi connectivity index (χ3n) is 5.58. The second-order valence-electron chi connectivity index (χ2n) is 7.60. The van der Waals surface area contributed by atoms with Gasteiger partial charge in [0.05, 0.1) is 16.7 Å². The third-order valence-corrected chi connectivity index (χ3v) is 6.67. The molecule has 4 rings (SSSR count). The van der Waals surface area contributed by atoms with E-state index in [1.807, 2.05) is 60.4 Å². The standard InChI is InChI=1S/C23H26N4O2S/c1-4-18-15-30-22(24-17-11-9-16(2)10-12-17)27(18)21(28)13-14-26-20-8-6-5-7-19(20)25(3)23(26)29/h5-12,18H,4,13-15H2,1-3H3. The van der Waals surface area contributed by atoms with Crippen molar-refractivity contribution in [2.75, 3.05) is 5.75 Å². The largest absolute Gasteiger partial charge is 0.328 e. The fraction of sp³-hybridized carbons (Fsp3) is 0.348. The maximum Gasteiger partial charge on any atom is 0.328 e. The molecular weight excluding hydrogens is 396 g/mol. The summed E-state index contributed by atoms with van der Waals surface area (Å²) in [5, 5.41) is 0.751. The molecule has 0 radical (unpaired) electrons. The van der Waals surface area contributed by atoms with Crippen molar-refractivity contribution in [1.29, 1.82) is 0 Å². The van der Waals surface area contributed by atoms with Gasteiger partial charge >= 0.3 is 5.69 Å². The van der Waals surface area contributed by atoms with Crippen molar-refractivity contribution in [3.8, 4) is 0 Å². The molecule has 156 valence electrons. The minimum absolute atomic E-state index is 0.0116. The average molecular weight is 423 g/mol. The van der Waals surface area contributed by atoms with Crippen LogP contribution in [0.2, 0.25) is 0 Å². The molecule has 2 aromatic carbocycles. The van der Waals surface area contributed by atoms with Crippen LogP contribution in [0.1, 0.15) is 25.3 Å². The van der Waals surface area contributed by atoms with Gasteiger partial charge in [-0.25, -0.2) is 9.79 Å². The summed E-state index contributed by atoms with van der Waals surface area (Å²) in [7, 11) is 1.76. The van der Waals surface area contributed by atoms with Crippen LogP contribution in [0.3, 0.4) is 0 Å². The molecule has 1 aliphatic heterocycles. The topological polar surface area (TPSA) is 59.6 Å². The molecule has 7 heteroatoms. The summed E-state index contributed by atoms with van der Waals surface area (Å²) in [4.78, 5) is 32.4. The predicted molar refractivity (Wildman–Crippen MR) is 123 cm³/mol. The molecule has 0 bridgehead atoms. The highest BCUT2D eigenvalue weighted by Gasteiger charge is 2.33. The van der Waals surface area contributed by atoms with Crippen molar-refractivity contribution in [3.63, 3.8) is 0 Å². The number of benzene rings is 2. The number of aliphatic imine (C=N–C) groups is 1. The van der Waals surface area contributed by atoms with Gasteiger partial charge in [-0.15, -0.1) is 0 Å². The molecule has 30 heavy (non-hydrogen) atoms. The van der Waals surface area contributed by atoms with Gasteiger partial charge in [0, 0.05) is 31.8 Å². The number of imidazole rings is 1. The monoisotopic (exact) mass is 422 g/mol. The highest BCUT2D eigenvalue weighted by atomic mass is 32.2. The first-order valence-electron chi connectivity index (χ1n) is 10.2. The zero-order chi connectivity index (χ0) is 21.3. The quantitative estimate of drug-likeness (QED) is 0.622. The molecule has 1 saturated heterocycles. The molecule has 2 heterocycles. The van der Waals surface area contributed by atoms with E-state index in [2.05, 4.69) is 6.92 Å². The molecule has 1 atom stereocenters. The van der Waals surface area contributed by atoms with Crippen molar-refractivity contribution in [3.05, 3.63) is 64.6 Å². The number of para-hydroxylation sites is 2. The van der Waals surface area contributed by atoms with Crippen LogP contribution in [0, 0.1) is 6.92 Å². The Morgan fingerprint density at radius 2 is 1.83 bits per heavy atom. The summed E-state index contributed by atoms with van der Waals surface area (Å²) in [6.07, 6.45) is 1.14. The highest BCUT2D eigenvalue weighted by Crippen LogP contribution is 2.29. The lowest BCUT2D eigenvalue weighted by Gasteiger charge is -2.23. The first-order chi connectivity index (χ1) is 14.5. The van der Waals surface area contributed by atoms with Crippen LogP contribution in [0.5, 0.6) is 0 Å². The van der Waals surface area contributed by atoms with Crippen LogP contribution < -0.4 is 5.69 Å². The molecule has 0 spiro atoms. The van der Waals surface area contributed by atoms with Crippen molar-refractivity contribution in [2.45, 2.75) is 39.3 Å². The first-order valence-corrected chi connectivity index (χ1v) is 11.2. The number of rotatable bonds is 5. The van der Waals surface area contributed by atoms with Gasteiger partial charge in [-0.1, -0.05) is 48.5 Å². The molecule has 0 saturated carbocycles. The van der Waals surface area contributed by atoms with Gasteiger partial charge in [0.1, 0.15) is 0 Å². The number of thioether (sulfide) groups is 1. The summed E-state index contributed by atoms with van der Waals surface area (Å²) in [6, 6.07) is 15.8. The molecule has 0 aliphatic carbocycles. The summed E-state index contributed by atoms with van der Waals surface area (Å²) in [5.74, 6) is 0.860. The zero-order valence-electron chi connectivity index (χ0n) is 17.5. The molecule has 1 aliphatic rings. The van der Waals surface area contributed by atoms with E-state index in [0.29, 0.717) is 6.54 Å². The molecule has 3 aromatic rings. The van der Waals surface area contributed by atoms with Crippen LogP contribution in [0.25, 0.3) is 11.0 Å². The van der Waals surface area contributed by atoms with Crippen molar-refractivity contribution in [1.82, 2.24) is 14.0 Å². The highest BCUT2D eigenvalue weighted by molar-refractivity contribution is 8.14. The molecular formula is C23H26N4O2S. The van der Waals surface area contributed by atoms with Gasteiger partial charge in [-0.3, -0.25) is 18.8 Å². The van der Waals surface area contributed by atoms with E-state index >= 15 is 0 Å². The predicted octanol–water partition coefficient (Wildman–Crippen LogP) is 4.08. The Morgan fingerprint density at radius 3 is 2.53 bits per heavy atom. The number of hydrogen-bond acceptors (Lipinski definition) is 4. The lowest BCUT2D eigenvalue weighted by molar-refractivity contribution is -0.128. The number of aromatic nitrogens is 2.